The minimum absolute atomic E-state index is 0.0325. The molecule has 0 spiro atoms. The van der Waals surface area contributed by atoms with Crippen molar-refractivity contribution in [2.45, 2.75) is 51.7 Å². The number of amides is 1. The van der Waals surface area contributed by atoms with E-state index in [1.165, 1.54) is 4.90 Å². The first-order valence-corrected chi connectivity index (χ1v) is 7.19. The van der Waals surface area contributed by atoms with Crippen LogP contribution in [0.2, 0.25) is 0 Å². The first kappa shape index (κ1) is 17.7. The molecule has 1 atom stereocenters. The van der Waals surface area contributed by atoms with E-state index >= 15 is 0 Å². The monoisotopic (exact) mass is 302 g/mol. The zero-order chi connectivity index (χ0) is 16.3. The molecule has 1 heterocycles. The highest BCUT2D eigenvalue weighted by atomic mass is 16.6. The largest absolute Gasteiger partial charge is 0.481 e. The summed E-state index contributed by atoms with van der Waals surface area (Å²) in [7, 11) is 0. The number of hydrogen-bond acceptors (Lipinski definition) is 5. The van der Waals surface area contributed by atoms with Gasteiger partial charge in [-0.3, -0.25) is 4.79 Å². The van der Waals surface area contributed by atoms with E-state index in [9.17, 15) is 19.8 Å². The minimum Gasteiger partial charge on any atom is -0.481 e. The predicted octanol–water partition coefficient (Wildman–Crippen LogP) is 0.798. The fraction of sp³-hybridized carbons (Fsp3) is 0.857. The predicted molar refractivity (Wildman–Crippen MR) is 76.8 cm³/mol. The van der Waals surface area contributed by atoms with Crippen molar-refractivity contribution in [3.63, 3.8) is 0 Å². The summed E-state index contributed by atoms with van der Waals surface area (Å²) >= 11 is 0. The summed E-state index contributed by atoms with van der Waals surface area (Å²) in [6.45, 7) is 6.00. The third kappa shape index (κ3) is 4.86. The van der Waals surface area contributed by atoms with Gasteiger partial charge in [-0.25, -0.2) is 4.79 Å². The first-order chi connectivity index (χ1) is 9.59. The van der Waals surface area contributed by atoms with Crippen LogP contribution in [0.25, 0.3) is 0 Å². The number of aliphatic hydroxyl groups excluding tert-OH is 1. The molecule has 1 rings (SSSR count). The van der Waals surface area contributed by atoms with E-state index in [1.54, 1.807) is 20.8 Å². The van der Waals surface area contributed by atoms with Crippen LogP contribution in [0.1, 0.15) is 40.0 Å². The molecule has 4 N–H and O–H groups in total. The van der Waals surface area contributed by atoms with E-state index in [2.05, 4.69) is 0 Å². The van der Waals surface area contributed by atoms with E-state index in [4.69, 9.17) is 10.5 Å². The number of nitrogens with zero attached hydrogens (tertiary/aromatic N) is 1. The molecule has 0 aliphatic carbocycles. The molecular weight excluding hydrogens is 276 g/mol. The Morgan fingerprint density at radius 3 is 2.24 bits per heavy atom. The van der Waals surface area contributed by atoms with Crippen LogP contribution in [-0.2, 0) is 9.53 Å². The maximum Gasteiger partial charge on any atom is 0.410 e. The number of aliphatic hydroxyl groups is 1. The number of carboxylic acids is 1. The summed E-state index contributed by atoms with van der Waals surface area (Å²) in [5, 5.41) is 19.1. The van der Waals surface area contributed by atoms with Gasteiger partial charge in [0.2, 0.25) is 0 Å². The summed E-state index contributed by atoms with van der Waals surface area (Å²) in [5.41, 5.74) is 3.77. The molecule has 7 heteroatoms. The molecule has 122 valence electrons. The highest BCUT2D eigenvalue weighted by Crippen LogP contribution is 2.36. The first-order valence-electron chi connectivity index (χ1n) is 7.19. The smallest absolute Gasteiger partial charge is 0.410 e. The average molecular weight is 302 g/mol. The van der Waals surface area contributed by atoms with E-state index in [1.807, 2.05) is 0 Å². The van der Waals surface area contributed by atoms with Crippen LogP contribution in [0.5, 0.6) is 0 Å². The lowest BCUT2D eigenvalue weighted by atomic mass is 9.74. The van der Waals surface area contributed by atoms with Gasteiger partial charge < -0.3 is 25.6 Å². The van der Waals surface area contributed by atoms with Crippen LogP contribution in [0.3, 0.4) is 0 Å². The van der Waals surface area contributed by atoms with Crippen molar-refractivity contribution in [1.29, 1.82) is 0 Å². The Hall–Kier alpha value is -1.34. The molecule has 21 heavy (non-hydrogen) atoms. The average Bonchev–Trinajstić information content (AvgIpc) is 2.37. The minimum atomic E-state index is -1.02. The molecule has 0 aromatic heterocycles. The zero-order valence-corrected chi connectivity index (χ0v) is 13.0. The van der Waals surface area contributed by atoms with E-state index in [0.29, 0.717) is 25.9 Å². The number of nitrogens with two attached hydrogens (primary N) is 1. The van der Waals surface area contributed by atoms with Crippen molar-refractivity contribution in [2.75, 3.05) is 19.6 Å². The van der Waals surface area contributed by atoms with Gasteiger partial charge in [0.05, 0.1) is 11.5 Å². The lowest BCUT2D eigenvalue weighted by Gasteiger charge is -2.40. The van der Waals surface area contributed by atoms with Gasteiger partial charge >= 0.3 is 12.1 Å². The van der Waals surface area contributed by atoms with Crippen molar-refractivity contribution in [2.24, 2.45) is 11.1 Å². The second-order valence-corrected chi connectivity index (χ2v) is 6.65. The quantitative estimate of drug-likeness (QED) is 0.708. The van der Waals surface area contributed by atoms with Crippen molar-refractivity contribution >= 4 is 12.1 Å². The van der Waals surface area contributed by atoms with Crippen molar-refractivity contribution in [1.82, 2.24) is 4.90 Å². The number of likely N-dealkylation sites (tertiary alicyclic amines) is 1. The highest BCUT2D eigenvalue weighted by molar-refractivity contribution is 5.75. The van der Waals surface area contributed by atoms with Crippen LogP contribution in [-0.4, -0.2) is 58.5 Å². The molecule has 1 fully saturated rings. The summed E-state index contributed by atoms with van der Waals surface area (Å²) in [4.78, 5) is 25.0. The highest BCUT2D eigenvalue weighted by Gasteiger charge is 2.44. The Bertz CT molecular complexity index is 383. The van der Waals surface area contributed by atoms with Crippen LogP contribution in [0.15, 0.2) is 0 Å². The molecule has 0 aromatic carbocycles. The molecule has 1 unspecified atom stereocenters. The second kappa shape index (κ2) is 6.62. The van der Waals surface area contributed by atoms with Gasteiger partial charge in [0.15, 0.2) is 0 Å². The van der Waals surface area contributed by atoms with Gasteiger partial charge in [-0.2, -0.15) is 0 Å². The number of carboxylic acid groups (broad SMARTS) is 1. The number of aliphatic carboxylic acids is 1. The Morgan fingerprint density at radius 2 is 1.86 bits per heavy atom. The number of piperidine rings is 1. The second-order valence-electron chi connectivity index (χ2n) is 6.65. The normalized spacial score (nSPS) is 20.0. The summed E-state index contributed by atoms with van der Waals surface area (Å²) in [6.07, 6.45) is -0.576. The third-order valence-electron chi connectivity index (χ3n) is 3.72. The number of carbonyl (C=O) groups is 2. The van der Waals surface area contributed by atoms with Crippen molar-refractivity contribution in [3.05, 3.63) is 0 Å². The topological polar surface area (TPSA) is 113 Å². The van der Waals surface area contributed by atoms with Crippen LogP contribution >= 0.6 is 0 Å². The number of carbonyl (C=O) groups excluding carboxylic acids is 1. The van der Waals surface area contributed by atoms with E-state index < -0.39 is 29.2 Å². The Labute approximate surface area is 125 Å². The van der Waals surface area contributed by atoms with E-state index in [-0.39, 0.29) is 13.0 Å². The van der Waals surface area contributed by atoms with Crippen molar-refractivity contribution < 1.29 is 24.5 Å². The molecule has 1 saturated heterocycles. The van der Waals surface area contributed by atoms with Gasteiger partial charge in [0, 0.05) is 19.6 Å². The molecule has 0 saturated carbocycles. The van der Waals surface area contributed by atoms with Crippen LogP contribution in [0.4, 0.5) is 4.79 Å². The summed E-state index contributed by atoms with van der Waals surface area (Å²) in [6, 6.07) is 0. The van der Waals surface area contributed by atoms with Crippen LogP contribution < -0.4 is 5.73 Å². The van der Waals surface area contributed by atoms with Crippen molar-refractivity contribution in [3.8, 4) is 0 Å². The Balaban J connectivity index is 2.67. The fourth-order valence-electron chi connectivity index (χ4n) is 2.48. The maximum atomic E-state index is 12.0. The molecular formula is C14H26N2O5. The number of ether oxygens (including phenoxy) is 1. The SMILES string of the molecule is CC(C)(C)OC(=O)N1CCC(CC(O)CN)(C(=O)O)CC1. The lowest BCUT2D eigenvalue weighted by Crippen LogP contribution is -2.49. The molecule has 1 aliphatic rings. The van der Waals surface area contributed by atoms with Gasteiger partial charge in [-0.05, 0) is 40.0 Å². The van der Waals surface area contributed by atoms with Gasteiger partial charge in [0.1, 0.15) is 5.60 Å². The molecule has 1 aliphatic heterocycles. The summed E-state index contributed by atoms with van der Waals surface area (Å²) < 4.78 is 5.28. The fourth-order valence-corrected chi connectivity index (χ4v) is 2.48. The maximum absolute atomic E-state index is 12.0. The van der Waals surface area contributed by atoms with E-state index in [0.717, 1.165) is 0 Å². The standard InChI is InChI=1S/C14H26N2O5/c1-13(2,3)21-12(20)16-6-4-14(5-7-16,11(18)19)8-10(17)9-15/h10,17H,4-9,15H2,1-3H3,(H,18,19). The molecule has 1 amide bonds. The third-order valence-corrected chi connectivity index (χ3v) is 3.72. The number of rotatable bonds is 4. The van der Waals surface area contributed by atoms with Gasteiger partial charge in [-0.15, -0.1) is 0 Å². The molecule has 0 aromatic rings. The number of hydrogen-bond donors (Lipinski definition) is 3. The zero-order valence-electron chi connectivity index (χ0n) is 13.0. The molecule has 0 radical (unpaired) electrons. The Morgan fingerprint density at radius 1 is 1.33 bits per heavy atom. The molecule has 0 bridgehead atoms. The Kier molecular flexibility index (Phi) is 5.58. The van der Waals surface area contributed by atoms with Crippen LogP contribution in [0, 0.1) is 5.41 Å². The summed E-state index contributed by atoms with van der Waals surface area (Å²) in [5.74, 6) is -0.946. The van der Waals surface area contributed by atoms with Gasteiger partial charge in [0.25, 0.3) is 0 Å². The lowest BCUT2D eigenvalue weighted by molar-refractivity contribution is -0.154. The molecule has 7 nitrogen and oxygen atoms in total. The van der Waals surface area contributed by atoms with Gasteiger partial charge in [-0.1, -0.05) is 0 Å².